The smallest absolute Gasteiger partial charge is 0.259 e. The number of amides is 1. The van der Waals surface area contributed by atoms with Crippen LogP contribution < -0.4 is 20.7 Å². The SMILES string of the molecule is C[C@@H]1COc2ncc(F)cc2[C@@H]2[C@@H]3C[C@@H]3CN2c2ccn3nc(N)c(c3n2)C(=O)N1. The minimum atomic E-state index is -0.402. The molecule has 4 atom stereocenters. The zero-order valence-corrected chi connectivity index (χ0v) is 16.2. The highest BCUT2D eigenvalue weighted by atomic mass is 19.1. The van der Waals surface area contributed by atoms with Crippen LogP contribution in [-0.4, -0.2) is 44.7 Å². The Morgan fingerprint density at radius 2 is 2.27 bits per heavy atom. The molecule has 1 aliphatic carbocycles. The number of halogens is 1. The van der Waals surface area contributed by atoms with Crippen LogP contribution in [0.2, 0.25) is 0 Å². The number of nitrogens with one attached hydrogen (secondary N) is 1. The lowest BCUT2D eigenvalue weighted by Gasteiger charge is -2.29. The van der Waals surface area contributed by atoms with Crippen molar-refractivity contribution >= 4 is 23.2 Å². The van der Waals surface area contributed by atoms with Crippen molar-refractivity contribution in [3.63, 3.8) is 0 Å². The lowest BCUT2D eigenvalue weighted by atomic mass is 10.0. The first-order chi connectivity index (χ1) is 14.5. The lowest BCUT2D eigenvalue weighted by Crippen LogP contribution is -2.37. The molecule has 5 heterocycles. The highest BCUT2D eigenvalue weighted by Gasteiger charge is 2.54. The molecule has 6 rings (SSSR count). The van der Waals surface area contributed by atoms with E-state index < -0.39 is 5.82 Å². The summed E-state index contributed by atoms with van der Waals surface area (Å²) in [6.45, 7) is 2.81. The zero-order valence-electron chi connectivity index (χ0n) is 16.2. The van der Waals surface area contributed by atoms with Crippen molar-refractivity contribution in [1.82, 2.24) is 24.9 Å². The van der Waals surface area contributed by atoms with Crippen LogP contribution in [0.1, 0.15) is 35.3 Å². The zero-order chi connectivity index (χ0) is 20.6. The van der Waals surface area contributed by atoms with Crippen LogP contribution in [0.5, 0.6) is 5.88 Å². The van der Waals surface area contributed by atoms with Gasteiger partial charge in [0.2, 0.25) is 5.88 Å². The monoisotopic (exact) mass is 409 g/mol. The number of fused-ring (bicyclic) bond motifs is 7. The molecule has 154 valence electrons. The molecular weight excluding hydrogens is 389 g/mol. The molecule has 1 saturated heterocycles. The molecule has 0 spiro atoms. The van der Waals surface area contributed by atoms with E-state index in [-0.39, 0.29) is 36.0 Å². The van der Waals surface area contributed by atoms with E-state index in [0.29, 0.717) is 34.7 Å². The number of piperidine rings is 1. The van der Waals surface area contributed by atoms with Crippen molar-refractivity contribution in [2.75, 3.05) is 23.8 Å². The van der Waals surface area contributed by atoms with E-state index in [9.17, 15) is 9.18 Å². The lowest BCUT2D eigenvalue weighted by molar-refractivity contribution is 0.0928. The summed E-state index contributed by atoms with van der Waals surface area (Å²) in [4.78, 5) is 24.0. The molecule has 0 radical (unpaired) electrons. The predicted octanol–water partition coefficient (Wildman–Crippen LogP) is 1.55. The highest BCUT2D eigenvalue weighted by Crippen LogP contribution is 2.58. The Morgan fingerprint density at radius 3 is 3.13 bits per heavy atom. The van der Waals surface area contributed by atoms with E-state index in [1.807, 2.05) is 13.0 Å². The molecule has 30 heavy (non-hydrogen) atoms. The number of pyridine rings is 1. The number of aromatic nitrogens is 4. The predicted molar refractivity (Wildman–Crippen MR) is 106 cm³/mol. The Balaban J connectivity index is 1.56. The number of anilines is 2. The van der Waals surface area contributed by atoms with E-state index in [2.05, 4.69) is 20.3 Å². The first-order valence-electron chi connectivity index (χ1n) is 10.00. The Morgan fingerprint density at radius 1 is 1.40 bits per heavy atom. The summed E-state index contributed by atoms with van der Waals surface area (Å²) >= 11 is 0. The van der Waals surface area contributed by atoms with Gasteiger partial charge in [0.25, 0.3) is 5.91 Å². The topological polar surface area (TPSA) is 111 Å². The van der Waals surface area contributed by atoms with E-state index in [1.165, 1.54) is 10.6 Å². The van der Waals surface area contributed by atoms with E-state index in [4.69, 9.17) is 15.5 Å². The van der Waals surface area contributed by atoms with Gasteiger partial charge in [-0.15, -0.1) is 5.10 Å². The number of rotatable bonds is 0. The third kappa shape index (κ3) is 2.52. The van der Waals surface area contributed by atoms with Crippen LogP contribution in [0, 0.1) is 17.7 Å². The van der Waals surface area contributed by atoms with E-state index in [0.717, 1.165) is 19.2 Å². The average Bonchev–Trinajstić information content (AvgIpc) is 3.24. The molecular formula is C20H20FN7O2. The highest BCUT2D eigenvalue weighted by molar-refractivity contribution is 6.04. The summed E-state index contributed by atoms with van der Waals surface area (Å²) in [7, 11) is 0. The molecule has 10 heteroatoms. The van der Waals surface area contributed by atoms with Crippen molar-refractivity contribution < 1.29 is 13.9 Å². The van der Waals surface area contributed by atoms with Crippen LogP contribution >= 0.6 is 0 Å². The van der Waals surface area contributed by atoms with Crippen LogP contribution in [0.25, 0.3) is 5.65 Å². The van der Waals surface area contributed by atoms with Gasteiger partial charge in [-0.25, -0.2) is 18.9 Å². The fourth-order valence-electron chi connectivity index (χ4n) is 4.73. The number of nitrogens with two attached hydrogens (primary N) is 1. The summed E-state index contributed by atoms with van der Waals surface area (Å²) in [5.41, 5.74) is 7.38. The second-order valence-corrected chi connectivity index (χ2v) is 8.30. The fourth-order valence-corrected chi connectivity index (χ4v) is 4.73. The molecule has 0 aromatic carbocycles. The standard InChI is InChI=1S/C20H20FN7O2/c1-9-8-30-20-13(5-11(21)6-23-20)16-12-4-10(12)7-27(16)14-2-3-28-18(25-14)15(17(22)26-28)19(29)24-9/h2-3,5-6,9-10,12,16H,4,7-8H2,1H3,(H2,22,26)(H,24,29)/t9-,10-,12-,16+/m1/s1. The summed E-state index contributed by atoms with van der Waals surface area (Å²) in [5, 5.41) is 7.09. The Kier molecular flexibility index (Phi) is 3.51. The van der Waals surface area contributed by atoms with Gasteiger partial charge in [-0.3, -0.25) is 4.79 Å². The second kappa shape index (κ2) is 6.04. The average molecular weight is 409 g/mol. The van der Waals surface area contributed by atoms with Gasteiger partial charge < -0.3 is 20.7 Å². The maximum absolute atomic E-state index is 14.2. The number of hydrogen-bond donors (Lipinski definition) is 2. The fraction of sp³-hybridized carbons (Fsp3) is 0.400. The molecule has 3 aromatic heterocycles. The Labute approximate surface area is 171 Å². The Bertz CT molecular complexity index is 1200. The summed E-state index contributed by atoms with van der Waals surface area (Å²) in [6.07, 6.45) is 3.99. The van der Waals surface area contributed by atoms with E-state index in [1.54, 1.807) is 6.20 Å². The third-order valence-electron chi connectivity index (χ3n) is 6.18. The van der Waals surface area contributed by atoms with E-state index >= 15 is 0 Å². The Hall–Kier alpha value is -3.43. The first-order valence-corrected chi connectivity index (χ1v) is 10.00. The third-order valence-corrected chi connectivity index (χ3v) is 6.18. The van der Waals surface area contributed by atoms with Crippen LogP contribution in [-0.2, 0) is 0 Å². The summed E-state index contributed by atoms with van der Waals surface area (Å²) in [5.74, 6) is 1.35. The molecule has 3 aliphatic rings. The molecule has 3 N–H and O–H groups in total. The van der Waals surface area contributed by atoms with Gasteiger partial charge in [0.05, 0.1) is 18.3 Å². The molecule has 1 saturated carbocycles. The van der Waals surface area contributed by atoms with Crippen LogP contribution in [0.4, 0.5) is 16.0 Å². The van der Waals surface area contributed by atoms with Crippen LogP contribution in [0.15, 0.2) is 24.5 Å². The largest absolute Gasteiger partial charge is 0.475 e. The van der Waals surface area contributed by atoms with Gasteiger partial charge in [-0.1, -0.05) is 0 Å². The normalized spacial score (nSPS) is 27.3. The van der Waals surface area contributed by atoms with Gasteiger partial charge in [0.1, 0.15) is 23.8 Å². The van der Waals surface area contributed by atoms with Gasteiger partial charge in [-0.05, 0) is 37.3 Å². The first kappa shape index (κ1) is 17.4. The van der Waals surface area contributed by atoms with Crippen molar-refractivity contribution in [1.29, 1.82) is 0 Å². The van der Waals surface area contributed by atoms with Crippen LogP contribution in [0.3, 0.4) is 0 Å². The number of ether oxygens (including phenoxy) is 1. The molecule has 9 nitrogen and oxygen atoms in total. The number of nitrogen functional groups attached to an aromatic ring is 1. The molecule has 3 aromatic rings. The quantitative estimate of drug-likeness (QED) is 0.580. The maximum atomic E-state index is 14.2. The van der Waals surface area contributed by atoms with Crippen molar-refractivity contribution in [3.05, 3.63) is 41.5 Å². The summed E-state index contributed by atoms with van der Waals surface area (Å²) in [6, 6.07) is 2.93. The van der Waals surface area contributed by atoms with Gasteiger partial charge in [0, 0.05) is 18.3 Å². The van der Waals surface area contributed by atoms with Crippen molar-refractivity contribution in [3.8, 4) is 5.88 Å². The maximum Gasteiger partial charge on any atom is 0.259 e. The van der Waals surface area contributed by atoms with Gasteiger partial charge >= 0.3 is 0 Å². The molecule has 1 amide bonds. The van der Waals surface area contributed by atoms with Crippen molar-refractivity contribution in [2.24, 2.45) is 11.8 Å². The number of nitrogens with zero attached hydrogens (tertiary/aromatic N) is 5. The van der Waals surface area contributed by atoms with Gasteiger partial charge in [0.15, 0.2) is 11.5 Å². The number of hydrogen-bond acceptors (Lipinski definition) is 7. The number of carbonyl (C=O) groups is 1. The second-order valence-electron chi connectivity index (χ2n) is 8.30. The molecule has 2 fully saturated rings. The minimum Gasteiger partial charge on any atom is -0.475 e. The summed E-state index contributed by atoms with van der Waals surface area (Å²) < 4.78 is 21.6. The molecule has 2 aliphatic heterocycles. The molecule has 2 bridgehead atoms. The minimum absolute atomic E-state index is 0.0911. The molecule has 0 unspecified atom stereocenters. The van der Waals surface area contributed by atoms with Gasteiger partial charge in [-0.2, -0.15) is 0 Å². The number of carbonyl (C=O) groups excluding carboxylic acids is 1. The van der Waals surface area contributed by atoms with Crippen molar-refractivity contribution in [2.45, 2.75) is 25.4 Å².